The first kappa shape index (κ1) is 18.7. The molecule has 0 fully saturated rings. The molecule has 0 aromatic heterocycles. The van der Waals surface area contributed by atoms with Gasteiger partial charge in [-0.1, -0.05) is 20.3 Å². The normalized spacial score (nSPS) is 13.3. The molecule has 1 unspecified atom stereocenters. The summed E-state index contributed by atoms with van der Waals surface area (Å²) in [5.74, 6) is -2.00. The molecule has 0 N–H and O–H groups in total. The molecule has 0 rings (SSSR count). The molecule has 0 heterocycles. The third kappa shape index (κ3) is 10.2. The van der Waals surface area contributed by atoms with Gasteiger partial charge in [0.25, 0.3) is 0 Å². The molecule has 5 heteroatoms. The van der Waals surface area contributed by atoms with Crippen molar-refractivity contribution in [2.24, 2.45) is 0 Å². The van der Waals surface area contributed by atoms with Crippen LogP contribution in [0.1, 0.15) is 59.3 Å². The third-order valence-electron chi connectivity index (χ3n) is 2.90. The van der Waals surface area contributed by atoms with E-state index in [2.05, 4.69) is 0 Å². The van der Waals surface area contributed by atoms with E-state index in [1.165, 1.54) is 18.7 Å². The topological polar surface area (TPSA) is 26.3 Å². The lowest BCUT2D eigenvalue weighted by Crippen LogP contribution is -2.18. The van der Waals surface area contributed by atoms with Crippen LogP contribution in [0.3, 0.4) is 0 Å². The van der Waals surface area contributed by atoms with Crippen LogP contribution in [0.5, 0.6) is 0 Å². The third-order valence-corrected chi connectivity index (χ3v) is 4.11. The fraction of sp³-hybridized carbons (Fsp3) is 0.929. The first-order chi connectivity index (χ1) is 8.93. The van der Waals surface area contributed by atoms with Crippen LogP contribution in [0, 0.1) is 0 Å². The minimum Gasteiger partial charge on any atom is -0.465 e. The van der Waals surface area contributed by atoms with Gasteiger partial charge in [-0.05, 0) is 31.9 Å². The zero-order valence-corrected chi connectivity index (χ0v) is 13.0. The van der Waals surface area contributed by atoms with Crippen molar-refractivity contribution < 1.29 is 18.3 Å². The zero-order chi connectivity index (χ0) is 14.7. The molecule has 0 amide bonds. The van der Waals surface area contributed by atoms with Gasteiger partial charge in [0.1, 0.15) is 0 Å². The monoisotopic (exact) mass is 296 g/mol. The zero-order valence-electron chi connectivity index (χ0n) is 12.2. The second-order valence-corrected chi connectivity index (χ2v) is 6.15. The van der Waals surface area contributed by atoms with Crippen molar-refractivity contribution in [3.05, 3.63) is 0 Å². The van der Waals surface area contributed by atoms with Gasteiger partial charge in [-0.3, -0.25) is 4.79 Å². The van der Waals surface area contributed by atoms with Gasteiger partial charge in [0.2, 0.25) is 5.92 Å². The van der Waals surface area contributed by atoms with Gasteiger partial charge in [-0.15, -0.1) is 11.8 Å². The molecule has 0 saturated heterocycles. The Labute approximate surface area is 119 Å². The Kier molecular flexibility index (Phi) is 10.3. The van der Waals surface area contributed by atoms with E-state index >= 15 is 0 Å². The molecular weight excluding hydrogens is 270 g/mol. The number of esters is 1. The molecule has 2 nitrogen and oxygen atoms in total. The summed E-state index contributed by atoms with van der Waals surface area (Å²) in [5.41, 5.74) is 0. The van der Waals surface area contributed by atoms with Crippen molar-refractivity contribution in [1.82, 2.24) is 0 Å². The van der Waals surface area contributed by atoms with Crippen LogP contribution < -0.4 is 0 Å². The Morgan fingerprint density at radius 1 is 1.26 bits per heavy atom. The lowest BCUT2D eigenvalue weighted by atomic mass is 10.1. The molecular formula is C14H26F2O2S. The highest BCUT2D eigenvalue weighted by atomic mass is 32.2. The largest absolute Gasteiger partial charge is 0.465 e. The number of hydrogen-bond donors (Lipinski definition) is 0. The lowest BCUT2D eigenvalue weighted by Gasteiger charge is -2.14. The Hall–Kier alpha value is -0.320. The highest BCUT2D eigenvalue weighted by Crippen LogP contribution is 2.25. The number of unbranched alkanes of at least 4 members (excludes halogenated alkanes) is 2. The number of alkyl halides is 2. The van der Waals surface area contributed by atoms with Crippen LogP contribution in [-0.2, 0) is 9.53 Å². The predicted molar refractivity (Wildman–Crippen MR) is 76.9 cm³/mol. The highest BCUT2D eigenvalue weighted by Gasteiger charge is 2.24. The number of rotatable bonds is 11. The molecule has 0 aliphatic rings. The van der Waals surface area contributed by atoms with Gasteiger partial charge in [0.15, 0.2) is 0 Å². The second-order valence-electron chi connectivity index (χ2n) is 4.70. The number of hydrogen-bond acceptors (Lipinski definition) is 3. The molecule has 19 heavy (non-hydrogen) atoms. The maximum absolute atomic E-state index is 13.0. The van der Waals surface area contributed by atoms with E-state index in [-0.39, 0.29) is 24.1 Å². The van der Waals surface area contributed by atoms with E-state index in [0.717, 1.165) is 18.6 Å². The van der Waals surface area contributed by atoms with Crippen molar-refractivity contribution in [2.45, 2.75) is 70.5 Å². The van der Waals surface area contributed by atoms with E-state index in [4.69, 9.17) is 4.74 Å². The number of thioether (sulfide) groups is 1. The molecule has 114 valence electrons. The molecule has 0 aromatic carbocycles. The summed E-state index contributed by atoms with van der Waals surface area (Å²) in [6, 6.07) is 0. The average Bonchev–Trinajstić information content (AvgIpc) is 2.38. The molecule has 0 spiro atoms. The number of carbonyl (C=O) groups excluding carboxylic acids is 1. The first-order valence-corrected chi connectivity index (χ1v) is 8.14. The molecule has 0 aliphatic carbocycles. The molecule has 0 aliphatic heterocycles. The Morgan fingerprint density at radius 3 is 2.53 bits per heavy atom. The molecule has 0 saturated carbocycles. The fourth-order valence-corrected chi connectivity index (χ4v) is 2.35. The van der Waals surface area contributed by atoms with Crippen molar-refractivity contribution >= 4 is 17.7 Å². The van der Waals surface area contributed by atoms with E-state index < -0.39 is 5.92 Å². The molecule has 0 aromatic rings. The summed E-state index contributed by atoms with van der Waals surface area (Å²) >= 11 is 1.48. The standard InChI is InChI=1S/C14H26F2O2S/c1-4-6-10-18-13(17)12(3)19-11-8-7-9-14(15,16)5-2/h12H,4-11H2,1-3H3. The fourth-order valence-electron chi connectivity index (χ4n) is 1.43. The quantitative estimate of drug-likeness (QED) is 0.409. The summed E-state index contributed by atoms with van der Waals surface area (Å²) in [4.78, 5) is 11.5. The van der Waals surface area contributed by atoms with Crippen LogP contribution in [0.2, 0.25) is 0 Å². The van der Waals surface area contributed by atoms with Gasteiger partial charge < -0.3 is 4.74 Å². The molecule has 0 radical (unpaired) electrons. The summed E-state index contributed by atoms with van der Waals surface area (Å²) in [6.07, 6.45) is 2.95. The Balaban J connectivity index is 3.57. The molecule has 0 bridgehead atoms. The number of carbonyl (C=O) groups is 1. The van der Waals surface area contributed by atoms with E-state index in [9.17, 15) is 13.6 Å². The maximum atomic E-state index is 13.0. The Morgan fingerprint density at radius 2 is 1.95 bits per heavy atom. The summed E-state index contributed by atoms with van der Waals surface area (Å²) in [5, 5.41) is -0.205. The lowest BCUT2D eigenvalue weighted by molar-refractivity contribution is -0.142. The summed E-state index contributed by atoms with van der Waals surface area (Å²) < 4.78 is 31.0. The van der Waals surface area contributed by atoms with E-state index in [0.29, 0.717) is 19.4 Å². The summed E-state index contributed by atoms with van der Waals surface area (Å²) in [7, 11) is 0. The van der Waals surface area contributed by atoms with Crippen LogP contribution in [0.15, 0.2) is 0 Å². The van der Waals surface area contributed by atoms with Crippen molar-refractivity contribution in [3.63, 3.8) is 0 Å². The predicted octanol–water partition coefficient (Wildman–Crippen LogP) is 4.67. The van der Waals surface area contributed by atoms with E-state index in [1.54, 1.807) is 6.92 Å². The smallest absolute Gasteiger partial charge is 0.318 e. The van der Waals surface area contributed by atoms with Crippen LogP contribution in [0.25, 0.3) is 0 Å². The minimum absolute atomic E-state index is 0.0562. The van der Waals surface area contributed by atoms with Crippen molar-refractivity contribution in [1.29, 1.82) is 0 Å². The van der Waals surface area contributed by atoms with Gasteiger partial charge in [0.05, 0.1) is 11.9 Å². The van der Waals surface area contributed by atoms with Gasteiger partial charge >= 0.3 is 5.97 Å². The first-order valence-electron chi connectivity index (χ1n) is 7.09. The average molecular weight is 296 g/mol. The molecule has 1 atom stereocenters. The summed E-state index contributed by atoms with van der Waals surface area (Å²) in [6.45, 7) is 5.82. The van der Waals surface area contributed by atoms with Gasteiger partial charge in [-0.2, -0.15) is 0 Å². The Bertz CT molecular complexity index is 248. The maximum Gasteiger partial charge on any atom is 0.318 e. The van der Waals surface area contributed by atoms with Crippen molar-refractivity contribution in [3.8, 4) is 0 Å². The SMILES string of the molecule is CCCCOC(=O)C(C)SCCCCC(F)(F)CC. The number of ether oxygens (including phenoxy) is 1. The van der Waals surface area contributed by atoms with Crippen molar-refractivity contribution in [2.75, 3.05) is 12.4 Å². The van der Waals surface area contributed by atoms with Gasteiger partial charge in [-0.25, -0.2) is 8.78 Å². The number of halogens is 2. The van der Waals surface area contributed by atoms with Gasteiger partial charge in [0, 0.05) is 12.8 Å². The second kappa shape index (κ2) is 10.5. The van der Waals surface area contributed by atoms with Crippen LogP contribution in [-0.4, -0.2) is 29.5 Å². The minimum atomic E-state index is -2.53. The van der Waals surface area contributed by atoms with E-state index in [1.807, 2.05) is 6.92 Å². The van der Waals surface area contributed by atoms with Crippen LogP contribution in [0.4, 0.5) is 8.78 Å². The highest BCUT2D eigenvalue weighted by molar-refractivity contribution is 8.00. The van der Waals surface area contributed by atoms with Crippen LogP contribution >= 0.6 is 11.8 Å².